The monoisotopic (exact) mass is 314 g/mol. The third-order valence-electron chi connectivity index (χ3n) is 4.35. The molecule has 2 aliphatic heterocycles. The van der Waals surface area contributed by atoms with E-state index in [1.165, 1.54) is 6.07 Å². The number of benzene rings is 1. The van der Waals surface area contributed by atoms with Gasteiger partial charge in [0.25, 0.3) is 5.91 Å². The predicted molar refractivity (Wildman–Crippen MR) is 73.4 cm³/mol. The first-order valence-electron chi connectivity index (χ1n) is 7.16. The zero-order valence-electron chi connectivity index (χ0n) is 12.1. The quantitative estimate of drug-likeness (QED) is 0.856. The number of nitrogens with zero attached hydrogens (tertiary/aromatic N) is 2. The van der Waals surface area contributed by atoms with Gasteiger partial charge in [-0.3, -0.25) is 4.79 Å². The van der Waals surface area contributed by atoms with Crippen molar-refractivity contribution in [1.82, 2.24) is 9.80 Å². The average Bonchev–Trinajstić information content (AvgIpc) is 2.94. The molecule has 1 aromatic carbocycles. The Balaban J connectivity index is 1.78. The number of rotatable bonds is 3. The minimum atomic E-state index is -3.10. The molecule has 7 heteroatoms. The van der Waals surface area contributed by atoms with Crippen LogP contribution in [0, 0.1) is 17.7 Å². The summed E-state index contributed by atoms with van der Waals surface area (Å²) < 4.78 is 42.4. The Kier molecular flexibility index (Phi) is 3.99. The number of fused-ring (bicyclic) bond motifs is 1. The highest BCUT2D eigenvalue weighted by molar-refractivity contribution is 5.97. The Morgan fingerprint density at radius 3 is 2.45 bits per heavy atom. The standard InChI is InChI=1S/C15H17F3N2O2/c1-19-5-9-7-20(8-10(9)6-19)14(21)12-3-2-11(16)4-13(12)22-15(17)18/h2-4,9-10,15H,5-8H2,1H3/t9-,10+. The second-order valence-corrected chi connectivity index (χ2v) is 5.97. The van der Waals surface area contributed by atoms with Gasteiger partial charge in [0.1, 0.15) is 11.6 Å². The molecule has 3 rings (SSSR count). The fourth-order valence-corrected chi connectivity index (χ4v) is 3.43. The van der Waals surface area contributed by atoms with Gasteiger partial charge >= 0.3 is 6.61 Å². The molecule has 2 atom stereocenters. The van der Waals surface area contributed by atoms with Crippen molar-refractivity contribution < 1.29 is 22.7 Å². The van der Waals surface area contributed by atoms with E-state index in [0.717, 1.165) is 25.2 Å². The maximum Gasteiger partial charge on any atom is 0.387 e. The molecule has 2 heterocycles. The highest BCUT2D eigenvalue weighted by Crippen LogP contribution is 2.32. The van der Waals surface area contributed by atoms with Crippen LogP contribution in [0.25, 0.3) is 0 Å². The summed E-state index contributed by atoms with van der Waals surface area (Å²) >= 11 is 0. The maximum absolute atomic E-state index is 13.2. The second kappa shape index (κ2) is 5.79. The Bertz CT molecular complexity index is 568. The first-order valence-corrected chi connectivity index (χ1v) is 7.16. The van der Waals surface area contributed by atoms with Crippen molar-refractivity contribution in [2.24, 2.45) is 11.8 Å². The summed E-state index contributed by atoms with van der Waals surface area (Å²) in [6.07, 6.45) is 0. The first-order chi connectivity index (χ1) is 10.4. The molecule has 2 saturated heterocycles. The van der Waals surface area contributed by atoms with E-state index in [9.17, 15) is 18.0 Å². The Morgan fingerprint density at radius 1 is 1.23 bits per heavy atom. The summed E-state index contributed by atoms with van der Waals surface area (Å²) in [5.74, 6) is -0.684. The Labute approximate surface area is 126 Å². The maximum atomic E-state index is 13.2. The van der Waals surface area contributed by atoms with Gasteiger partial charge in [0.2, 0.25) is 0 Å². The van der Waals surface area contributed by atoms with Crippen molar-refractivity contribution in [2.45, 2.75) is 6.61 Å². The fourth-order valence-electron chi connectivity index (χ4n) is 3.43. The number of hydrogen-bond donors (Lipinski definition) is 0. The van der Waals surface area contributed by atoms with E-state index in [-0.39, 0.29) is 11.5 Å². The summed E-state index contributed by atoms with van der Waals surface area (Å²) in [6.45, 7) is -0.0465. The number of likely N-dealkylation sites (tertiary alicyclic amines) is 2. The van der Waals surface area contributed by atoms with Crippen molar-refractivity contribution >= 4 is 5.91 Å². The number of alkyl halides is 2. The van der Waals surface area contributed by atoms with Crippen LogP contribution in [0.4, 0.5) is 13.2 Å². The van der Waals surface area contributed by atoms with Crippen LogP contribution in [-0.2, 0) is 0 Å². The van der Waals surface area contributed by atoms with Gasteiger partial charge in [0.05, 0.1) is 5.56 Å². The van der Waals surface area contributed by atoms with Crippen molar-refractivity contribution in [3.05, 3.63) is 29.6 Å². The number of halogens is 3. The van der Waals surface area contributed by atoms with Gasteiger partial charge in [-0.15, -0.1) is 0 Å². The number of amides is 1. The van der Waals surface area contributed by atoms with Crippen molar-refractivity contribution in [2.75, 3.05) is 33.2 Å². The van der Waals surface area contributed by atoms with Gasteiger partial charge in [-0.05, 0) is 31.0 Å². The molecule has 0 saturated carbocycles. The molecule has 0 bridgehead atoms. The van der Waals surface area contributed by atoms with Gasteiger partial charge in [0.15, 0.2) is 0 Å². The smallest absolute Gasteiger partial charge is 0.387 e. The zero-order chi connectivity index (χ0) is 15.9. The molecule has 22 heavy (non-hydrogen) atoms. The molecule has 120 valence electrons. The second-order valence-electron chi connectivity index (χ2n) is 5.97. The summed E-state index contributed by atoms with van der Waals surface area (Å²) in [7, 11) is 2.04. The van der Waals surface area contributed by atoms with Crippen LogP contribution < -0.4 is 4.74 Å². The van der Waals surface area contributed by atoms with Gasteiger partial charge in [-0.1, -0.05) is 0 Å². The third kappa shape index (κ3) is 2.90. The Morgan fingerprint density at radius 2 is 1.86 bits per heavy atom. The molecule has 1 amide bonds. The lowest BCUT2D eigenvalue weighted by atomic mass is 10.0. The number of carbonyl (C=O) groups excluding carboxylic acids is 1. The minimum Gasteiger partial charge on any atom is -0.434 e. The summed E-state index contributed by atoms with van der Waals surface area (Å²) in [5, 5.41) is 0. The molecular weight excluding hydrogens is 297 g/mol. The summed E-state index contributed by atoms with van der Waals surface area (Å²) in [4.78, 5) is 16.4. The van der Waals surface area contributed by atoms with E-state index in [1.807, 2.05) is 7.05 Å². The first kappa shape index (κ1) is 15.1. The molecular formula is C15H17F3N2O2. The largest absolute Gasteiger partial charge is 0.434 e. The van der Waals surface area contributed by atoms with Crippen LogP contribution in [0.5, 0.6) is 5.75 Å². The lowest BCUT2D eigenvalue weighted by Crippen LogP contribution is -2.32. The number of ether oxygens (including phenoxy) is 1. The van der Waals surface area contributed by atoms with Crippen LogP contribution >= 0.6 is 0 Å². The number of hydrogen-bond acceptors (Lipinski definition) is 3. The molecule has 0 N–H and O–H groups in total. The van der Waals surface area contributed by atoms with Crippen molar-refractivity contribution in [1.29, 1.82) is 0 Å². The van der Waals surface area contributed by atoms with Crippen LogP contribution in [0.2, 0.25) is 0 Å². The highest BCUT2D eigenvalue weighted by atomic mass is 19.3. The number of carbonyl (C=O) groups is 1. The van der Waals surface area contributed by atoms with Gasteiger partial charge in [0, 0.05) is 32.2 Å². The lowest BCUT2D eigenvalue weighted by Gasteiger charge is -2.20. The molecule has 2 fully saturated rings. The summed E-state index contributed by atoms with van der Waals surface area (Å²) in [5.41, 5.74) is -0.0185. The topological polar surface area (TPSA) is 32.8 Å². The van der Waals surface area contributed by atoms with Gasteiger partial charge in [-0.2, -0.15) is 8.78 Å². The zero-order valence-corrected chi connectivity index (χ0v) is 12.1. The molecule has 0 aliphatic carbocycles. The highest BCUT2D eigenvalue weighted by Gasteiger charge is 2.41. The van der Waals surface area contributed by atoms with Crippen molar-refractivity contribution in [3.8, 4) is 5.75 Å². The lowest BCUT2D eigenvalue weighted by molar-refractivity contribution is -0.0504. The van der Waals surface area contributed by atoms with Crippen molar-refractivity contribution in [3.63, 3.8) is 0 Å². The molecule has 4 nitrogen and oxygen atoms in total. The molecule has 1 aromatic rings. The van der Waals surface area contributed by atoms with Crippen LogP contribution in [0.1, 0.15) is 10.4 Å². The molecule has 0 radical (unpaired) electrons. The van der Waals surface area contributed by atoms with Gasteiger partial charge < -0.3 is 14.5 Å². The van der Waals surface area contributed by atoms with E-state index in [1.54, 1.807) is 4.90 Å². The average molecular weight is 314 g/mol. The van der Waals surface area contributed by atoms with E-state index in [4.69, 9.17) is 0 Å². The van der Waals surface area contributed by atoms with Gasteiger partial charge in [-0.25, -0.2) is 4.39 Å². The molecule has 0 spiro atoms. The predicted octanol–water partition coefficient (Wildman–Crippen LogP) is 2.06. The van der Waals surface area contributed by atoms with E-state index < -0.39 is 18.2 Å². The fraction of sp³-hybridized carbons (Fsp3) is 0.533. The normalized spacial score (nSPS) is 24.9. The van der Waals surface area contributed by atoms with E-state index in [2.05, 4.69) is 9.64 Å². The molecule has 0 unspecified atom stereocenters. The van der Waals surface area contributed by atoms with Crippen LogP contribution in [0.15, 0.2) is 18.2 Å². The minimum absolute atomic E-state index is 0.0185. The summed E-state index contributed by atoms with van der Waals surface area (Å²) in [6, 6.07) is 3.11. The van der Waals surface area contributed by atoms with Crippen LogP contribution in [-0.4, -0.2) is 55.5 Å². The molecule has 0 aromatic heterocycles. The van der Waals surface area contributed by atoms with E-state index in [0.29, 0.717) is 24.9 Å². The van der Waals surface area contributed by atoms with E-state index >= 15 is 0 Å². The SMILES string of the molecule is CN1C[C@@H]2CN(C(=O)c3ccc(F)cc3OC(F)F)C[C@@H]2C1. The molecule has 2 aliphatic rings. The Hall–Kier alpha value is -1.76. The third-order valence-corrected chi connectivity index (χ3v) is 4.35. The van der Waals surface area contributed by atoms with Crippen LogP contribution in [0.3, 0.4) is 0 Å².